The summed E-state index contributed by atoms with van der Waals surface area (Å²) in [7, 11) is -3.26. The number of nitrogens with zero attached hydrogens (tertiary/aromatic N) is 1. The van der Waals surface area contributed by atoms with Crippen molar-refractivity contribution in [3.8, 4) is 0 Å². The molecule has 0 radical (unpaired) electrons. The number of fused-ring (bicyclic) bond motifs is 2. The van der Waals surface area contributed by atoms with Crippen molar-refractivity contribution < 1.29 is 8.42 Å². The fourth-order valence-electron chi connectivity index (χ4n) is 2.60. The Balaban J connectivity index is 1.98. The van der Waals surface area contributed by atoms with Gasteiger partial charge in [-0.25, -0.2) is 13.1 Å². The predicted molar refractivity (Wildman–Crippen MR) is 60.3 cm³/mol. The highest BCUT2D eigenvalue weighted by Gasteiger charge is 2.33. The summed E-state index contributed by atoms with van der Waals surface area (Å²) in [5.41, 5.74) is 0. The van der Waals surface area contributed by atoms with Gasteiger partial charge in [0.05, 0.1) is 0 Å². The topological polar surface area (TPSA) is 49.4 Å². The predicted octanol–water partition coefficient (Wildman–Crippen LogP) is 0.586. The van der Waals surface area contributed by atoms with E-state index in [9.17, 15) is 8.42 Å². The zero-order valence-corrected chi connectivity index (χ0v) is 10.2. The van der Waals surface area contributed by atoms with Crippen LogP contribution >= 0.6 is 11.6 Å². The fraction of sp³-hybridized carbons (Fsp3) is 1.00. The summed E-state index contributed by atoms with van der Waals surface area (Å²) in [6.07, 6.45) is 3.23. The second-order valence-corrected chi connectivity index (χ2v) is 6.78. The Morgan fingerprint density at radius 3 is 2.87 bits per heavy atom. The van der Waals surface area contributed by atoms with Crippen LogP contribution in [-0.4, -0.2) is 44.2 Å². The van der Waals surface area contributed by atoms with Crippen molar-refractivity contribution in [1.29, 1.82) is 0 Å². The zero-order chi connectivity index (χ0) is 10.9. The molecule has 2 heterocycles. The van der Waals surface area contributed by atoms with Crippen LogP contribution < -0.4 is 4.72 Å². The van der Waals surface area contributed by atoms with Gasteiger partial charge < -0.3 is 4.90 Å². The highest BCUT2D eigenvalue weighted by Crippen LogP contribution is 2.26. The highest BCUT2D eigenvalue weighted by atomic mass is 35.5. The van der Waals surface area contributed by atoms with E-state index in [0.717, 1.165) is 25.9 Å². The van der Waals surface area contributed by atoms with E-state index < -0.39 is 10.0 Å². The van der Waals surface area contributed by atoms with Crippen molar-refractivity contribution in [2.45, 2.75) is 25.3 Å². The number of piperidine rings is 2. The first-order chi connectivity index (χ1) is 7.11. The van der Waals surface area contributed by atoms with Crippen molar-refractivity contribution in [3.63, 3.8) is 0 Å². The minimum atomic E-state index is -3.26. The van der Waals surface area contributed by atoms with Gasteiger partial charge >= 0.3 is 0 Å². The van der Waals surface area contributed by atoms with Crippen LogP contribution in [0.3, 0.4) is 0 Å². The molecule has 2 aliphatic rings. The number of nitrogens with one attached hydrogen (secondary N) is 1. The van der Waals surface area contributed by atoms with Crippen molar-refractivity contribution >= 4 is 21.6 Å². The minimum Gasteiger partial charge on any atom is -0.303 e. The number of rotatable bonds is 3. The summed E-state index contributed by atoms with van der Waals surface area (Å²) in [6.45, 7) is 3.22. The molecule has 4 nitrogen and oxygen atoms in total. The molecule has 2 fully saturated rings. The van der Waals surface area contributed by atoms with E-state index in [4.69, 9.17) is 11.6 Å². The van der Waals surface area contributed by atoms with E-state index >= 15 is 0 Å². The molecule has 2 rings (SSSR count). The second-order valence-electron chi connectivity index (χ2n) is 4.44. The lowest BCUT2D eigenvalue weighted by atomic mass is 9.86. The maximum absolute atomic E-state index is 11.4. The zero-order valence-electron chi connectivity index (χ0n) is 8.65. The lowest BCUT2D eigenvalue weighted by Gasteiger charge is -2.42. The van der Waals surface area contributed by atoms with Crippen LogP contribution in [-0.2, 0) is 10.0 Å². The molecule has 0 spiro atoms. The van der Waals surface area contributed by atoms with Crippen LogP contribution in [0.2, 0.25) is 0 Å². The van der Waals surface area contributed by atoms with Gasteiger partial charge in [-0.2, -0.15) is 0 Å². The average molecular weight is 253 g/mol. The van der Waals surface area contributed by atoms with E-state index in [1.54, 1.807) is 0 Å². The van der Waals surface area contributed by atoms with Crippen molar-refractivity contribution in [2.75, 3.05) is 24.8 Å². The third-order valence-corrected chi connectivity index (χ3v) is 5.15. The highest BCUT2D eigenvalue weighted by molar-refractivity contribution is 7.90. The molecule has 2 aliphatic heterocycles. The normalized spacial score (nSPS) is 36.5. The Labute approximate surface area is 96.0 Å². The first-order valence-electron chi connectivity index (χ1n) is 5.39. The number of hydrogen-bond acceptors (Lipinski definition) is 3. The summed E-state index contributed by atoms with van der Waals surface area (Å²) in [6, 6.07) is 0.102. The maximum atomic E-state index is 11.4. The maximum Gasteiger partial charge on any atom is 0.225 e. The van der Waals surface area contributed by atoms with E-state index in [1.165, 1.54) is 13.0 Å². The van der Waals surface area contributed by atoms with Gasteiger partial charge in [0.25, 0.3) is 0 Å². The summed E-state index contributed by atoms with van der Waals surface area (Å²) in [5, 5.41) is -0.333. The van der Waals surface area contributed by atoms with Crippen LogP contribution in [0, 0.1) is 5.92 Å². The molecule has 1 N–H and O–H groups in total. The van der Waals surface area contributed by atoms with Crippen molar-refractivity contribution in [1.82, 2.24) is 9.62 Å². The SMILES string of the molecule is O=S(=O)(CCl)NC1CCN2CCCC1C2. The van der Waals surface area contributed by atoms with Gasteiger partial charge in [-0.3, -0.25) is 0 Å². The third kappa shape index (κ3) is 2.84. The van der Waals surface area contributed by atoms with Crippen molar-refractivity contribution in [2.24, 2.45) is 5.92 Å². The summed E-state index contributed by atoms with van der Waals surface area (Å²) in [5.74, 6) is 0.477. The first kappa shape index (κ1) is 11.6. The van der Waals surface area contributed by atoms with Crippen LogP contribution in [0.5, 0.6) is 0 Å². The Morgan fingerprint density at radius 2 is 2.13 bits per heavy atom. The molecule has 0 aromatic carbocycles. The average Bonchev–Trinajstić information content (AvgIpc) is 2.23. The van der Waals surface area contributed by atoms with Gasteiger partial charge in [-0.1, -0.05) is 0 Å². The molecule has 2 saturated heterocycles. The summed E-state index contributed by atoms with van der Waals surface area (Å²) in [4.78, 5) is 2.42. The van der Waals surface area contributed by atoms with E-state index in [-0.39, 0.29) is 11.3 Å². The van der Waals surface area contributed by atoms with E-state index in [1.807, 2.05) is 0 Å². The second kappa shape index (κ2) is 4.57. The summed E-state index contributed by atoms with van der Waals surface area (Å²) < 4.78 is 25.5. The van der Waals surface area contributed by atoms with E-state index in [0.29, 0.717) is 5.92 Å². The molecule has 0 amide bonds. The molecule has 88 valence electrons. The molecule has 0 aromatic rings. The molecule has 2 bridgehead atoms. The van der Waals surface area contributed by atoms with Crippen molar-refractivity contribution in [3.05, 3.63) is 0 Å². The number of alkyl halides is 1. The number of hydrogen-bond donors (Lipinski definition) is 1. The molecular formula is C9H17ClN2O2S. The molecular weight excluding hydrogens is 236 g/mol. The van der Waals surface area contributed by atoms with Gasteiger partial charge in [-0.15, -0.1) is 11.6 Å². The Kier molecular flexibility index (Phi) is 3.55. The summed E-state index contributed by atoms with van der Waals surface area (Å²) >= 11 is 5.39. The lowest BCUT2D eigenvalue weighted by molar-refractivity contribution is 0.101. The minimum absolute atomic E-state index is 0.102. The van der Waals surface area contributed by atoms with Crippen LogP contribution in [0.1, 0.15) is 19.3 Å². The van der Waals surface area contributed by atoms with E-state index in [2.05, 4.69) is 9.62 Å². The van der Waals surface area contributed by atoms with Gasteiger partial charge in [0.2, 0.25) is 10.0 Å². The molecule has 15 heavy (non-hydrogen) atoms. The quantitative estimate of drug-likeness (QED) is 0.748. The third-order valence-electron chi connectivity index (χ3n) is 3.34. The van der Waals surface area contributed by atoms with Gasteiger partial charge in [0, 0.05) is 12.6 Å². The van der Waals surface area contributed by atoms with Gasteiger partial charge in [0.15, 0.2) is 0 Å². The largest absolute Gasteiger partial charge is 0.303 e. The van der Waals surface area contributed by atoms with Crippen LogP contribution in [0.25, 0.3) is 0 Å². The van der Waals surface area contributed by atoms with Crippen LogP contribution in [0.4, 0.5) is 0 Å². The van der Waals surface area contributed by atoms with Gasteiger partial charge in [0.1, 0.15) is 5.21 Å². The Bertz CT molecular complexity index is 320. The fourth-order valence-corrected chi connectivity index (χ4v) is 3.62. The first-order valence-corrected chi connectivity index (χ1v) is 7.58. The van der Waals surface area contributed by atoms with Crippen LogP contribution in [0.15, 0.2) is 0 Å². The Hall–Kier alpha value is 0.160. The molecule has 3 atom stereocenters. The Morgan fingerprint density at radius 1 is 1.33 bits per heavy atom. The molecule has 0 aromatic heterocycles. The molecule has 6 heteroatoms. The standard InChI is InChI=1S/C9H17ClN2O2S/c10-7-15(13,14)11-9-3-5-12-4-1-2-8(9)6-12/h8-9,11H,1-7H2. The molecule has 0 saturated carbocycles. The lowest BCUT2D eigenvalue weighted by Crippen LogP contribution is -2.53. The van der Waals surface area contributed by atoms with Gasteiger partial charge in [-0.05, 0) is 38.3 Å². The number of halogens is 1. The number of sulfonamides is 1. The molecule has 3 unspecified atom stereocenters. The monoisotopic (exact) mass is 252 g/mol. The molecule has 0 aliphatic carbocycles. The smallest absolute Gasteiger partial charge is 0.225 e.